The standard InChI is InChI=1S/C9H17NO3/c1-6(9(11)12)10-7-3-4-8(5-7)13-2/h6-8,10H,3-5H2,1-2H3,(H,11,12). The van der Waals surface area contributed by atoms with E-state index in [-0.39, 0.29) is 0 Å². The molecule has 0 saturated heterocycles. The van der Waals surface area contributed by atoms with Gasteiger partial charge in [0.15, 0.2) is 0 Å². The SMILES string of the molecule is COC1CCC(NC(C)C(=O)O)C1. The van der Waals surface area contributed by atoms with Crippen LogP contribution in [-0.4, -0.2) is 36.4 Å². The third kappa shape index (κ3) is 2.97. The van der Waals surface area contributed by atoms with Crippen LogP contribution in [0.5, 0.6) is 0 Å². The van der Waals surface area contributed by atoms with Crippen molar-refractivity contribution >= 4 is 5.97 Å². The predicted molar refractivity (Wildman–Crippen MR) is 48.7 cm³/mol. The number of hydrogen-bond donors (Lipinski definition) is 2. The summed E-state index contributed by atoms with van der Waals surface area (Å²) in [6, 6.07) is -0.156. The van der Waals surface area contributed by atoms with Crippen LogP contribution in [0.3, 0.4) is 0 Å². The van der Waals surface area contributed by atoms with Gasteiger partial charge in [-0.2, -0.15) is 0 Å². The molecular weight excluding hydrogens is 170 g/mol. The Labute approximate surface area is 78.3 Å². The Kier molecular flexibility index (Phi) is 3.69. The average molecular weight is 187 g/mol. The fraction of sp³-hybridized carbons (Fsp3) is 0.889. The lowest BCUT2D eigenvalue weighted by atomic mass is 10.2. The molecule has 0 heterocycles. The molecule has 1 saturated carbocycles. The van der Waals surface area contributed by atoms with Gasteiger partial charge in [-0.1, -0.05) is 0 Å². The zero-order chi connectivity index (χ0) is 9.84. The van der Waals surface area contributed by atoms with E-state index in [1.165, 1.54) is 0 Å². The Bertz CT molecular complexity index is 184. The van der Waals surface area contributed by atoms with Gasteiger partial charge in [0.25, 0.3) is 0 Å². The van der Waals surface area contributed by atoms with Crippen LogP contribution in [0, 0.1) is 0 Å². The van der Waals surface area contributed by atoms with E-state index < -0.39 is 12.0 Å². The normalized spacial score (nSPS) is 30.3. The molecule has 0 radical (unpaired) electrons. The Morgan fingerprint density at radius 3 is 2.77 bits per heavy atom. The lowest BCUT2D eigenvalue weighted by Gasteiger charge is -2.15. The van der Waals surface area contributed by atoms with E-state index >= 15 is 0 Å². The third-order valence-corrected chi connectivity index (χ3v) is 2.57. The van der Waals surface area contributed by atoms with Gasteiger partial charge in [0, 0.05) is 13.2 Å². The summed E-state index contributed by atoms with van der Waals surface area (Å²) < 4.78 is 5.20. The van der Waals surface area contributed by atoms with Crippen molar-refractivity contribution in [3.05, 3.63) is 0 Å². The monoisotopic (exact) mass is 187 g/mol. The Morgan fingerprint density at radius 2 is 2.31 bits per heavy atom. The smallest absolute Gasteiger partial charge is 0.320 e. The van der Waals surface area contributed by atoms with Gasteiger partial charge < -0.3 is 15.2 Å². The molecule has 0 aromatic rings. The second-order valence-electron chi connectivity index (χ2n) is 3.59. The number of ether oxygens (including phenoxy) is 1. The van der Waals surface area contributed by atoms with Crippen LogP contribution in [0.15, 0.2) is 0 Å². The second-order valence-corrected chi connectivity index (χ2v) is 3.59. The largest absolute Gasteiger partial charge is 0.480 e. The first kappa shape index (κ1) is 10.5. The van der Waals surface area contributed by atoms with Gasteiger partial charge >= 0.3 is 5.97 Å². The number of nitrogens with one attached hydrogen (secondary N) is 1. The highest BCUT2D eigenvalue weighted by molar-refractivity contribution is 5.72. The quantitative estimate of drug-likeness (QED) is 0.677. The number of methoxy groups -OCH3 is 1. The minimum Gasteiger partial charge on any atom is -0.480 e. The zero-order valence-electron chi connectivity index (χ0n) is 8.12. The molecule has 13 heavy (non-hydrogen) atoms. The van der Waals surface area contributed by atoms with Crippen molar-refractivity contribution in [1.82, 2.24) is 5.32 Å². The van der Waals surface area contributed by atoms with Gasteiger partial charge in [-0.05, 0) is 26.2 Å². The minimum absolute atomic E-state index is 0.302. The van der Waals surface area contributed by atoms with Crippen molar-refractivity contribution in [2.75, 3.05) is 7.11 Å². The van der Waals surface area contributed by atoms with Crippen LogP contribution < -0.4 is 5.32 Å². The molecule has 3 unspecified atom stereocenters. The molecule has 0 aliphatic heterocycles. The van der Waals surface area contributed by atoms with Crippen molar-refractivity contribution in [2.45, 2.75) is 44.4 Å². The minimum atomic E-state index is -0.791. The van der Waals surface area contributed by atoms with Crippen molar-refractivity contribution in [3.63, 3.8) is 0 Å². The van der Waals surface area contributed by atoms with E-state index in [9.17, 15) is 4.79 Å². The number of carboxylic acids is 1. The van der Waals surface area contributed by atoms with Crippen molar-refractivity contribution in [2.24, 2.45) is 0 Å². The molecule has 0 spiro atoms. The lowest BCUT2D eigenvalue weighted by Crippen LogP contribution is -2.40. The highest BCUT2D eigenvalue weighted by Gasteiger charge is 2.26. The first-order valence-electron chi connectivity index (χ1n) is 4.65. The number of aliphatic carboxylic acids is 1. The first-order chi connectivity index (χ1) is 6.13. The van der Waals surface area contributed by atoms with Crippen molar-refractivity contribution in [1.29, 1.82) is 0 Å². The van der Waals surface area contributed by atoms with Crippen LogP contribution in [0.25, 0.3) is 0 Å². The van der Waals surface area contributed by atoms with Crippen LogP contribution >= 0.6 is 0 Å². The van der Waals surface area contributed by atoms with E-state index in [2.05, 4.69) is 5.32 Å². The Balaban J connectivity index is 2.27. The maximum atomic E-state index is 10.5. The Hall–Kier alpha value is -0.610. The van der Waals surface area contributed by atoms with E-state index in [1.54, 1.807) is 14.0 Å². The zero-order valence-corrected chi connectivity index (χ0v) is 8.12. The summed E-state index contributed by atoms with van der Waals surface area (Å²) in [5.41, 5.74) is 0. The molecule has 1 aliphatic rings. The molecule has 0 bridgehead atoms. The predicted octanol–water partition coefficient (Wildman–Crippen LogP) is 0.617. The summed E-state index contributed by atoms with van der Waals surface area (Å²) in [5, 5.41) is 11.7. The average Bonchev–Trinajstić information content (AvgIpc) is 2.52. The van der Waals surface area contributed by atoms with Gasteiger partial charge in [0.1, 0.15) is 6.04 Å². The molecule has 1 aliphatic carbocycles. The van der Waals surface area contributed by atoms with Gasteiger partial charge in [0.2, 0.25) is 0 Å². The second kappa shape index (κ2) is 4.58. The van der Waals surface area contributed by atoms with Crippen LogP contribution in [0.4, 0.5) is 0 Å². The number of hydrogen-bond acceptors (Lipinski definition) is 3. The highest BCUT2D eigenvalue weighted by atomic mass is 16.5. The molecule has 2 N–H and O–H groups in total. The fourth-order valence-corrected chi connectivity index (χ4v) is 1.73. The molecule has 1 fully saturated rings. The highest BCUT2D eigenvalue weighted by Crippen LogP contribution is 2.21. The summed E-state index contributed by atoms with van der Waals surface area (Å²) >= 11 is 0. The lowest BCUT2D eigenvalue weighted by molar-refractivity contribution is -0.139. The van der Waals surface area contributed by atoms with Gasteiger partial charge in [-0.15, -0.1) is 0 Å². The molecule has 0 amide bonds. The summed E-state index contributed by atoms with van der Waals surface area (Å²) in [5.74, 6) is -0.791. The van der Waals surface area contributed by atoms with E-state index in [0.29, 0.717) is 12.1 Å². The molecule has 1 rings (SSSR count). The molecule has 0 aromatic carbocycles. The topological polar surface area (TPSA) is 58.6 Å². The van der Waals surface area contributed by atoms with E-state index in [4.69, 9.17) is 9.84 Å². The summed E-state index contributed by atoms with van der Waals surface area (Å²) in [6.07, 6.45) is 3.27. The van der Waals surface area contributed by atoms with Crippen molar-refractivity contribution in [3.8, 4) is 0 Å². The molecule has 4 nitrogen and oxygen atoms in total. The summed E-state index contributed by atoms with van der Waals surface area (Å²) in [6.45, 7) is 1.67. The van der Waals surface area contributed by atoms with Gasteiger partial charge in [-0.3, -0.25) is 4.79 Å². The summed E-state index contributed by atoms with van der Waals surface area (Å²) in [4.78, 5) is 10.5. The number of rotatable bonds is 4. The first-order valence-corrected chi connectivity index (χ1v) is 4.65. The van der Waals surface area contributed by atoms with E-state index in [1.807, 2.05) is 0 Å². The van der Waals surface area contributed by atoms with Crippen LogP contribution in [0.2, 0.25) is 0 Å². The third-order valence-electron chi connectivity index (χ3n) is 2.57. The molecule has 3 atom stereocenters. The fourth-order valence-electron chi connectivity index (χ4n) is 1.73. The molecule has 0 aromatic heterocycles. The van der Waals surface area contributed by atoms with Crippen molar-refractivity contribution < 1.29 is 14.6 Å². The van der Waals surface area contributed by atoms with Gasteiger partial charge in [-0.25, -0.2) is 0 Å². The maximum absolute atomic E-state index is 10.5. The number of carboxylic acid groups (broad SMARTS) is 1. The molecular formula is C9H17NO3. The maximum Gasteiger partial charge on any atom is 0.320 e. The van der Waals surface area contributed by atoms with E-state index in [0.717, 1.165) is 19.3 Å². The van der Waals surface area contributed by atoms with Crippen LogP contribution in [0.1, 0.15) is 26.2 Å². The molecule has 76 valence electrons. The number of carbonyl (C=O) groups is 1. The van der Waals surface area contributed by atoms with Gasteiger partial charge in [0.05, 0.1) is 6.10 Å². The van der Waals surface area contributed by atoms with Crippen LogP contribution in [-0.2, 0) is 9.53 Å². The Morgan fingerprint density at radius 1 is 1.62 bits per heavy atom. The molecule has 4 heteroatoms. The summed E-state index contributed by atoms with van der Waals surface area (Å²) in [7, 11) is 1.70.